The van der Waals surface area contributed by atoms with E-state index < -0.39 is 0 Å². The summed E-state index contributed by atoms with van der Waals surface area (Å²) in [7, 11) is 0. The predicted molar refractivity (Wildman–Crippen MR) is 126 cm³/mol. The highest BCUT2D eigenvalue weighted by Crippen LogP contribution is 2.40. The summed E-state index contributed by atoms with van der Waals surface area (Å²) in [5.74, 6) is 0.846. The molecule has 3 heterocycles. The summed E-state index contributed by atoms with van der Waals surface area (Å²) in [4.78, 5) is 10.9. The molecule has 1 saturated heterocycles. The fourth-order valence-electron chi connectivity index (χ4n) is 4.21. The van der Waals surface area contributed by atoms with Crippen LogP contribution in [0.25, 0.3) is 4.96 Å². The van der Waals surface area contributed by atoms with E-state index in [1.54, 1.807) is 4.52 Å². The highest BCUT2D eigenvalue weighted by molar-refractivity contribution is 7.17. The van der Waals surface area contributed by atoms with Gasteiger partial charge in [-0.3, -0.25) is 4.90 Å². The summed E-state index contributed by atoms with van der Waals surface area (Å²) >= 11 is 7.71. The first-order valence-corrected chi connectivity index (χ1v) is 11.6. The van der Waals surface area contributed by atoms with Crippen LogP contribution >= 0.6 is 22.9 Å². The Labute approximate surface area is 190 Å². The van der Waals surface area contributed by atoms with Crippen molar-refractivity contribution in [3.63, 3.8) is 0 Å². The maximum absolute atomic E-state index is 11.0. The minimum atomic E-state index is -0.0454. The molecule has 31 heavy (non-hydrogen) atoms. The van der Waals surface area contributed by atoms with Crippen molar-refractivity contribution in [3.05, 3.63) is 75.4 Å². The summed E-state index contributed by atoms with van der Waals surface area (Å²) in [6.45, 7) is 7.46. The highest BCUT2D eigenvalue weighted by Gasteiger charge is 2.31. The second-order valence-corrected chi connectivity index (χ2v) is 9.40. The molecular weight excluding hydrogens is 430 g/mol. The van der Waals surface area contributed by atoms with E-state index in [4.69, 9.17) is 11.6 Å². The molecule has 8 heteroatoms. The van der Waals surface area contributed by atoms with E-state index in [9.17, 15) is 5.11 Å². The Bertz CT molecular complexity index is 1210. The molecule has 6 nitrogen and oxygen atoms in total. The number of piperazine rings is 1. The number of aryl methyl sites for hydroxylation is 2. The number of thiazole rings is 1. The van der Waals surface area contributed by atoms with Crippen molar-refractivity contribution < 1.29 is 5.11 Å². The molecule has 1 fully saturated rings. The fourth-order valence-corrected chi connectivity index (χ4v) is 5.56. The van der Waals surface area contributed by atoms with Gasteiger partial charge in [0.05, 0.1) is 10.9 Å². The van der Waals surface area contributed by atoms with Crippen molar-refractivity contribution in [3.8, 4) is 5.88 Å². The second-order valence-electron chi connectivity index (χ2n) is 7.96. The summed E-state index contributed by atoms with van der Waals surface area (Å²) in [5.41, 5.74) is 3.53. The molecule has 5 rings (SSSR count). The van der Waals surface area contributed by atoms with Crippen LogP contribution in [0.1, 0.15) is 27.9 Å². The Kier molecular flexibility index (Phi) is 5.33. The zero-order valence-electron chi connectivity index (χ0n) is 17.5. The lowest BCUT2D eigenvalue weighted by Crippen LogP contribution is -2.47. The van der Waals surface area contributed by atoms with Crippen molar-refractivity contribution in [1.82, 2.24) is 19.5 Å². The van der Waals surface area contributed by atoms with Crippen LogP contribution in [0, 0.1) is 13.8 Å². The molecule has 2 aromatic carbocycles. The quantitative estimate of drug-likeness (QED) is 0.486. The number of fused-ring (bicyclic) bond motifs is 1. The lowest BCUT2D eigenvalue weighted by Gasteiger charge is -2.40. The van der Waals surface area contributed by atoms with Gasteiger partial charge in [-0.05, 0) is 37.6 Å². The number of aromatic hydroxyl groups is 1. The minimum absolute atomic E-state index is 0.0454. The van der Waals surface area contributed by atoms with E-state index >= 15 is 0 Å². The summed E-state index contributed by atoms with van der Waals surface area (Å²) in [5, 5.41) is 16.1. The number of hydrogen-bond donors (Lipinski definition) is 1. The van der Waals surface area contributed by atoms with Crippen molar-refractivity contribution in [2.45, 2.75) is 19.9 Å². The molecular formula is C23H24ClN5OS. The van der Waals surface area contributed by atoms with Gasteiger partial charge in [0.2, 0.25) is 10.8 Å². The topological polar surface area (TPSA) is 56.9 Å². The van der Waals surface area contributed by atoms with Crippen molar-refractivity contribution >= 4 is 33.6 Å². The number of benzene rings is 2. The molecule has 1 N–H and O–H groups in total. The Hall–Kier alpha value is -2.61. The SMILES string of the molecule is Cc1ccc([C@H](c2sc3nc(C)nn3c2O)N2CCN(c3cccc(Cl)c3)CC2)cc1. The van der Waals surface area contributed by atoms with Gasteiger partial charge in [-0.2, -0.15) is 4.52 Å². The Morgan fingerprint density at radius 3 is 2.45 bits per heavy atom. The molecule has 2 aromatic heterocycles. The van der Waals surface area contributed by atoms with Gasteiger partial charge in [0.25, 0.3) is 0 Å². The van der Waals surface area contributed by atoms with Gasteiger partial charge in [0, 0.05) is 36.9 Å². The predicted octanol–water partition coefficient (Wildman–Crippen LogP) is 4.68. The molecule has 0 radical (unpaired) electrons. The van der Waals surface area contributed by atoms with Gasteiger partial charge in [-0.1, -0.05) is 58.8 Å². The molecule has 0 saturated carbocycles. The third-order valence-electron chi connectivity index (χ3n) is 5.80. The van der Waals surface area contributed by atoms with Crippen LogP contribution < -0.4 is 4.90 Å². The largest absolute Gasteiger partial charge is 0.492 e. The van der Waals surface area contributed by atoms with Crippen LogP contribution in [0.5, 0.6) is 5.88 Å². The molecule has 0 spiro atoms. The Balaban J connectivity index is 1.47. The number of rotatable bonds is 4. The van der Waals surface area contributed by atoms with E-state index in [-0.39, 0.29) is 11.9 Å². The smallest absolute Gasteiger partial charge is 0.230 e. The summed E-state index contributed by atoms with van der Waals surface area (Å²) in [6.07, 6.45) is 0. The van der Waals surface area contributed by atoms with Crippen LogP contribution in [-0.4, -0.2) is 50.8 Å². The average molecular weight is 454 g/mol. The molecule has 1 aliphatic heterocycles. The van der Waals surface area contributed by atoms with Crippen molar-refractivity contribution in [1.29, 1.82) is 0 Å². The molecule has 1 atom stereocenters. The van der Waals surface area contributed by atoms with Crippen LogP contribution in [0.15, 0.2) is 48.5 Å². The Morgan fingerprint density at radius 1 is 1.03 bits per heavy atom. The first-order valence-electron chi connectivity index (χ1n) is 10.4. The molecule has 0 bridgehead atoms. The van der Waals surface area contributed by atoms with E-state index in [1.165, 1.54) is 22.5 Å². The molecule has 160 valence electrons. The monoisotopic (exact) mass is 453 g/mol. The molecule has 4 aromatic rings. The minimum Gasteiger partial charge on any atom is -0.492 e. The number of anilines is 1. The second kappa shape index (κ2) is 8.15. The Morgan fingerprint density at radius 2 is 1.77 bits per heavy atom. The lowest BCUT2D eigenvalue weighted by atomic mass is 10.0. The van der Waals surface area contributed by atoms with E-state index in [2.05, 4.69) is 57.1 Å². The van der Waals surface area contributed by atoms with Gasteiger partial charge in [0.1, 0.15) is 5.82 Å². The maximum Gasteiger partial charge on any atom is 0.230 e. The first kappa shape index (κ1) is 20.3. The van der Waals surface area contributed by atoms with Crippen molar-refractivity contribution in [2.75, 3.05) is 31.1 Å². The number of hydrogen-bond acceptors (Lipinski definition) is 6. The lowest BCUT2D eigenvalue weighted by molar-refractivity contribution is 0.211. The maximum atomic E-state index is 11.0. The van der Waals surface area contributed by atoms with E-state index in [0.717, 1.165) is 46.7 Å². The van der Waals surface area contributed by atoms with Gasteiger partial charge in [0.15, 0.2) is 0 Å². The third kappa shape index (κ3) is 3.89. The first-order chi connectivity index (χ1) is 15.0. The number of halogens is 1. The normalized spacial score (nSPS) is 16.2. The fraction of sp³-hybridized carbons (Fsp3) is 0.304. The molecule has 0 aliphatic carbocycles. The van der Waals surface area contributed by atoms with Gasteiger partial charge in [-0.25, -0.2) is 4.98 Å². The number of aromatic nitrogens is 3. The number of nitrogens with zero attached hydrogens (tertiary/aromatic N) is 5. The highest BCUT2D eigenvalue weighted by atomic mass is 35.5. The van der Waals surface area contributed by atoms with Gasteiger partial charge in [-0.15, -0.1) is 5.10 Å². The summed E-state index contributed by atoms with van der Waals surface area (Å²) in [6, 6.07) is 16.5. The van der Waals surface area contributed by atoms with Crippen LogP contribution in [0.4, 0.5) is 5.69 Å². The standard InChI is InChI=1S/C23H24ClN5OS/c1-15-6-8-17(9-7-15)20(21-22(30)29-23(31-21)25-16(2)26-29)28-12-10-27(11-13-28)19-5-3-4-18(24)14-19/h3-9,14,20,30H,10-13H2,1-2H3/t20-/m1/s1. The third-order valence-corrected chi connectivity index (χ3v) is 7.11. The molecule has 0 unspecified atom stereocenters. The van der Waals surface area contributed by atoms with Gasteiger partial charge >= 0.3 is 0 Å². The van der Waals surface area contributed by atoms with E-state index in [0.29, 0.717) is 5.82 Å². The average Bonchev–Trinajstić information content (AvgIpc) is 3.27. The van der Waals surface area contributed by atoms with Crippen LogP contribution in [0.2, 0.25) is 5.02 Å². The zero-order valence-corrected chi connectivity index (χ0v) is 19.1. The summed E-state index contributed by atoms with van der Waals surface area (Å²) < 4.78 is 1.55. The molecule has 0 amide bonds. The van der Waals surface area contributed by atoms with Crippen LogP contribution in [-0.2, 0) is 0 Å². The van der Waals surface area contributed by atoms with Crippen molar-refractivity contribution in [2.24, 2.45) is 0 Å². The molecule has 1 aliphatic rings. The van der Waals surface area contributed by atoms with Crippen LogP contribution in [0.3, 0.4) is 0 Å². The zero-order chi connectivity index (χ0) is 21.5. The van der Waals surface area contributed by atoms with E-state index in [1.807, 2.05) is 25.1 Å². The van der Waals surface area contributed by atoms with Gasteiger partial charge < -0.3 is 10.0 Å².